The summed E-state index contributed by atoms with van der Waals surface area (Å²) in [5.41, 5.74) is 1.38. The maximum absolute atomic E-state index is 9.27. The van der Waals surface area contributed by atoms with E-state index in [-0.39, 0.29) is 18.7 Å². The number of hydrogen-bond donors (Lipinski definition) is 3. The molecule has 0 aliphatic rings. The summed E-state index contributed by atoms with van der Waals surface area (Å²) < 4.78 is 0. The summed E-state index contributed by atoms with van der Waals surface area (Å²) in [5, 5.41) is 27.8. The maximum atomic E-state index is 9.27. The number of rotatable bonds is 10. The summed E-state index contributed by atoms with van der Waals surface area (Å²) in [6, 6.07) is 11.3. The molecule has 4 heteroatoms. The average Bonchev–Trinajstić information content (AvgIpc) is 2.48. The zero-order valence-corrected chi connectivity index (χ0v) is 12.6. The second-order valence-corrected chi connectivity index (χ2v) is 9.82. The predicted molar refractivity (Wildman–Crippen MR) is 80.4 cm³/mol. The topological polar surface area (TPSA) is 60.7 Å². The molecule has 0 fully saturated rings. The standard InChI is InChI=1S/C15H26O3Si/c16-12-19(13-17,14-18)11-7-2-1-4-8-15-9-5-3-6-10-15/h3,5-6,9-10,16-18H,1-2,4,7-8,11-14H2. The van der Waals surface area contributed by atoms with E-state index in [0.29, 0.717) is 0 Å². The first-order valence-electron chi connectivity index (χ1n) is 7.13. The average molecular weight is 282 g/mol. The minimum atomic E-state index is -2.17. The summed E-state index contributed by atoms with van der Waals surface area (Å²) in [5.74, 6) is 0. The van der Waals surface area contributed by atoms with Crippen LogP contribution < -0.4 is 0 Å². The van der Waals surface area contributed by atoms with Crippen molar-refractivity contribution in [3.8, 4) is 0 Å². The van der Waals surface area contributed by atoms with Gasteiger partial charge < -0.3 is 15.3 Å². The molecule has 1 aromatic carbocycles. The van der Waals surface area contributed by atoms with Crippen LogP contribution in [-0.2, 0) is 6.42 Å². The zero-order chi connectivity index (χ0) is 14.0. The van der Waals surface area contributed by atoms with E-state index < -0.39 is 8.07 Å². The molecule has 0 spiro atoms. The molecule has 0 aliphatic heterocycles. The van der Waals surface area contributed by atoms with Gasteiger partial charge in [0.1, 0.15) is 8.07 Å². The molecule has 0 heterocycles. The van der Waals surface area contributed by atoms with Crippen LogP contribution in [0.5, 0.6) is 0 Å². The van der Waals surface area contributed by atoms with E-state index in [9.17, 15) is 15.3 Å². The highest BCUT2D eigenvalue weighted by Crippen LogP contribution is 2.15. The zero-order valence-electron chi connectivity index (χ0n) is 11.6. The summed E-state index contributed by atoms with van der Waals surface area (Å²) in [4.78, 5) is 0. The largest absolute Gasteiger partial charge is 0.399 e. The lowest BCUT2D eigenvalue weighted by atomic mass is 10.1. The van der Waals surface area contributed by atoms with Gasteiger partial charge in [-0.3, -0.25) is 0 Å². The van der Waals surface area contributed by atoms with Crippen molar-refractivity contribution in [2.45, 2.75) is 38.1 Å². The second-order valence-electron chi connectivity index (χ2n) is 5.37. The third-order valence-corrected chi connectivity index (χ3v) is 7.20. The minimum absolute atomic E-state index is 0.00991. The van der Waals surface area contributed by atoms with Crippen molar-refractivity contribution in [3.05, 3.63) is 35.9 Å². The van der Waals surface area contributed by atoms with E-state index in [1.807, 2.05) is 6.07 Å². The first-order valence-corrected chi connectivity index (χ1v) is 9.96. The van der Waals surface area contributed by atoms with Crippen molar-refractivity contribution in [2.75, 3.05) is 18.7 Å². The smallest absolute Gasteiger partial charge is 0.139 e. The van der Waals surface area contributed by atoms with Gasteiger partial charge in [0.05, 0.1) is 0 Å². The Kier molecular flexibility index (Phi) is 7.98. The van der Waals surface area contributed by atoms with Crippen LogP contribution in [-0.4, -0.2) is 42.1 Å². The Labute approximate surface area is 116 Å². The second kappa shape index (κ2) is 9.26. The third kappa shape index (κ3) is 5.87. The molecule has 108 valence electrons. The van der Waals surface area contributed by atoms with E-state index >= 15 is 0 Å². The van der Waals surface area contributed by atoms with Crippen LogP contribution >= 0.6 is 0 Å². The van der Waals surface area contributed by atoms with Crippen LogP contribution in [0, 0.1) is 0 Å². The Hall–Kier alpha value is -0.683. The van der Waals surface area contributed by atoms with Crippen molar-refractivity contribution in [2.24, 2.45) is 0 Å². The number of aryl methyl sites for hydroxylation is 1. The van der Waals surface area contributed by atoms with Crippen molar-refractivity contribution >= 4 is 8.07 Å². The number of benzene rings is 1. The summed E-state index contributed by atoms with van der Waals surface area (Å²) in [6.07, 6.45) is 5.54. The molecule has 0 amide bonds. The Balaban J connectivity index is 2.11. The van der Waals surface area contributed by atoms with E-state index in [2.05, 4.69) is 24.3 Å². The van der Waals surface area contributed by atoms with Gasteiger partial charge in [0.15, 0.2) is 0 Å². The Morgan fingerprint density at radius 3 is 1.89 bits per heavy atom. The summed E-state index contributed by atoms with van der Waals surface area (Å²) >= 11 is 0. The molecule has 3 nitrogen and oxygen atoms in total. The van der Waals surface area contributed by atoms with Gasteiger partial charge in [-0.05, 0) is 18.4 Å². The molecule has 1 aromatic rings. The summed E-state index contributed by atoms with van der Waals surface area (Å²) in [7, 11) is -2.17. The number of aliphatic hydroxyl groups is 3. The van der Waals surface area contributed by atoms with Crippen LogP contribution in [0.3, 0.4) is 0 Å². The van der Waals surface area contributed by atoms with Gasteiger partial charge in [-0.15, -0.1) is 0 Å². The Morgan fingerprint density at radius 2 is 1.32 bits per heavy atom. The van der Waals surface area contributed by atoms with Gasteiger partial charge in [0, 0.05) is 18.7 Å². The van der Waals surface area contributed by atoms with Gasteiger partial charge in [-0.1, -0.05) is 55.6 Å². The van der Waals surface area contributed by atoms with E-state index in [1.165, 1.54) is 18.4 Å². The van der Waals surface area contributed by atoms with Crippen LogP contribution in [0.25, 0.3) is 0 Å². The highest BCUT2D eigenvalue weighted by Gasteiger charge is 2.30. The molecule has 3 N–H and O–H groups in total. The highest BCUT2D eigenvalue weighted by molar-refractivity contribution is 6.79. The van der Waals surface area contributed by atoms with E-state index in [0.717, 1.165) is 25.3 Å². The molecule has 0 aliphatic carbocycles. The van der Waals surface area contributed by atoms with E-state index in [1.54, 1.807) is 0 Å². The number of aliphatic hydroxyl groups excluding tert-OH is 3. The maximum Gasteiger partial charge on any atom is 0.139 e. The predicted octanol–water partition coefficient (Wildman–Crippen LogP) is 1.83. The monoisotopic (exact) mass is 282 g/mol. The summed E-state index contributed by atoms with van der Waals surface area (Å²) in [6.45, 7) is 0. The van der Waals surface area contributed by atoms with Gasteiger partial charge in [0.25, 0.3) is 0 Å². The van der Waals surface area contributed by atoms with Crippen LogP contribution in [0.1, 0.15) is 31.2 Å². The molecular formula is C15H26O3Si. The fourth-order valence-corrected chi connectivity index (χ4v) is 3.99. The SMILES string of the molecule is OC[Si](CO)(CO)CCCCCCc1ccccc1. The van der Waals surface area contributed by atoms with Gasteiger partial charge >= 0.3 is 0 Å². The molecule has 0 atom stereocenters. The lowest BCUT2D eigenvalue weighted by molar-refractivity contribution is 0.286. The molecule has 0 unspecified atom stereocenters. The molecule has 1 rings (SSSR count). The minimum Gasteiger partial charge on any atom is -0.399 e. The van der Waals surface area contributed by atoms with Crippen LogP contribution in [0.15, 0.2) is 30.3 Å². The lowest BCUT2D eigenvalue weighted by Crippen LogP contribution is -2.48. The highest BCUT2D eigenvalue weighted by atomic mass is 28.3. The number of hydrogen-bond acceptors (Lipinski definition) is 3. The van der Waals surface area contributed by atoms with Crippen molar-refractivity contribution in [3.63, 3.8) is 0 Å². The first kappa shape index (κ1) is 16.4. The van der Waals surface area contributed by atoms with Gasteiger partial charge in [0.2, 0.25) is 0 Å². The van der Waals surface area contributed by atoms with Crippen molar-refractivity contribution in [1.29, 1.82) is 0 Å². The van der Waals surface area contributed by atoms with Crippen LogP contribution in [0.4, 0.5) is 0 Å². The van der Waals surface area contributed by atoms with Crippen LogP contribution in [0.2, 0.25) is 6.04 Å². The quantitative estimate of drug-likeness (QED) is 0.453. The first-order chi connectivity index (χ1) is 9.26. The molecule has 0 bridgehead atoms. The van der Waals surface area contributed by atoms with Crippen molar-refractivity contribution < 1.29 is 15.3 Å². The molecule has 19 heavy (non-hydrogen) atoms. The fraction of sp³-hybridized carbons (Fsp3) is 0.600. The molecular weight excluding hydrogens is 256 g/mol. The van der Waals surface area contributed by atoms with Crippen molar-refractivity contribution in [1.82, 2.24) is 0 Å². The third-order valence-electron chi connectivity index (χ3n) is 3.77. The molecule has 0 radical (unpaired) electrons. The van der Waals surface area contributed by atoms with Gasteiger partial charge in [-0.25, -0.2) is 0 Å². The Morgan fingerprint density at radius 1 is 0.737 bits per heavy atom. The van der Waals surface area contributed by atoms with E-state index in [4.69, 9.17) is 0 Å². The molecule has 0 aromatic heterocycles. The van der Waals surface area contributed by atoms with Gasteiger partial charge in [-0.2, -0.15) is 0 Å². The fourth-order valence-electron chi connectivity index (χ4n) is 2.21. The Bertz CT molecular complexity index is 317. The molecule has 0 saturated heterocycles. The normalized spacial score (nSPS) is 11.7. The lowest BCUT2D eigenvalue weighted by Gasteiger charge is -2.24. The number of unbranched alkanes of at least 4 members (excludes halogenated alkanes) is 3. The molecule has 0 saturated carbocycles.